The predicted octanol–water partition coefficient (Wildman–Crippen LogP) is 0.544. The van der Waals surface area contributed by atoms with E-state index in [0.29, 0.717) is 25.2 Å². The number of pyridine rings is 1. The Balaban J connectivity index is 1.77. The summed E-state index contributed by atoms with van der Waals surface area (Å²) in [4.78, 5) is 18.4. The molecule has 0 spiro atoms. The molecule has 0 radical (unpaired) electrons. The molecule has 3 rings (SSSR count). The van der Waals surface area contributed by atoms with Crippen molar-refractivity contribution in [1.82, 2.24) is 9.88 Å². The van der Waals surface area contributed by atoms with Gasteiger partial charge in [0.1, 0.15) is 0 Å². The lowest BCUT2D eigenvalue weighted by atomic mass is 10.2. The molecule has 2 N–H and O–H groups in total. The third kappa shape index (κ3) is 2.11. The molecule has 18 heavy (non-hydrogen) atoms. The van der Waals surface area contributed by atoms with Gasteiger partial charge in [-0.1, -0.05) is 0 Å². The van der Waals surface area contributed by atoms with Crippen LogP contribution in [0, 0.1) is 0 Å². The number of nitrogens with two attached hydrogens (primary N) is 1. The van der Waals surface area contributed by atoms with Crippen LogP contribution in [0.25, 0.3) is 0 Å². The lowest BCUT2D eigenvalue weighted by molar-refractivity contribution is -0.0303. The molecule has 5 nitrogen and oxygen atoms in total. The zero-order valence-corrected chi connectivity index (χ0v) is 10.2. The van der Waals surface area contributed by atoms with Gasteiger partial charge in [-0.05, 0) is 25.0 Å². The van der Waals surface area contributed by atoms with Crippen molar-refractivity contribution in [2.45, 2.75) is 31.6 Å². The molecule has 2 fully saturated rings. The zero-order valence-electron chi connectivity index (χ0n) is 10.2. The number of likely N-dealkylation sites (tertiary alicyclic amines) is 1. The number of nitrogens with zero attached hydrogens (tertiary/aromatic N) is 2. The van der Waals surface area contributed by atoms with E-state index in [1.54, 1.807) is 18.3 Å². The van der Waals surface area contributed by atoms with Gasteiger partial charge in [-0.15, -0.1) is 0 Å². The highest BCUT2D eigenvalue weighted by Crippen LogP contribution is 2.27. The number of rotatable bonds is 2. The van der Waals surface area contributed by atoms with Crippen LogP contribution in [0.3, 0.4) is 0 Å². The highest BCUT2D eigenvalue weighted by Gasteiger charge is 2.35. The summed E-state index contributed by atoms with van der Waals surface area (Å²) in [5.41, 5.74) is 6.96. The summed E-state index contributed by atoms with van der Waals surface area (Å²) in [7, 11) is 0. The number of carbonyl (C=O) groups is 1. The van der Waals surface area contributed by atoms with E-state index >= 15 is 0 Å². The summed E-state index contributed by atoms with van der Waals surface area (Å²) < 4.78 is 5.73. The fraction of sp³-hybridized carbons (Fsp3) is 0.538. The lowest BCUT2D eigenvalue weighted by Crippen LogP contribution is -2.45. The summed E-state index contributed by atoms with van der Waals surface area (Å²) >= 11 is 0. The second kappa shape index (κ2) is 4.66. The molecule has 1 amide bonds. The minimum Gasteiger partial charge on any atom is -0.371 e. The number of carbonyl (C=O) groups excluding carboxylic acids is 1. The SMILES string of the molecule is NCc1cc(C(=O)N2CC3CCC(C2)O3)ccn1. The molecule has 2 atom stereocenters. The molecule has 0 aliphatic carbocycles. The molecule has 1 aromatic heterocycles. The summed E-state index contributed by atoms with van der Waals surface area (Å²) in [6, 6.07) is 3.53. The first kappa shape index (κ1) is 11.6. The van der Waals surface area contributed by atoms with E-state index in [2.05, 4.69) is 4.98 Å². The number of amides is 1. The van der Waals surface area contributed by atoms with Gasteiger partial charge in [0.05, 0.1) is 17.9 Å². The molecule has 2 bridgehead atoms. The highest BCUT2D eigenvalue weighted by atomic mass is 16.5. The van der Waals surface area contributed by atoms with Crippen LogP contribution >= 0.6 is 0 Å². The Morgan fingerprint density at radius 3 is 2.83 bits per heavy atom. The van der Waals surface area contributed by atoms with E-state index in [4.69, 9.17) is 10.5 Å². The molecular weight excluding hydrogens is 230 g/mol. The van der Waals surface area contributed by atoms with Gasteiger partial charge in [-0.2, -0.15) is 0 Å². The van der Waals surface area contributed by atoms with Crippen LogP contribution in [-0.4, -0.2) is 41.1 Å². The van der Waals surface area contributed by atoms with E-state index in [1.165, 1.54) is 0 Å². The molecule has 1 aromatic rings. The van der Waals surface area contributed by atoms with Crippen molar-refractivity contribution in [3.63, 3.8) is 0 Å². The number of fused-ring (bicyclic) bond motifs is 2. The first-order valence-corrected chi connectivity index (χ1v) is 6.36. The summed E-state index contributed by atoms with van der Waals surface area (Å²) in [6.45, 7) is 1.76. The monoisotopic (exact) mass is 247 g/mol. The van der Waals surface area contributed by atoms with Crippen molar-refractivity contribution in [2.75, 3.05) is 13.1 Å². The van der Waals surface area contributed by atoms with Gasteiger partial charge in [0, 0.05) is 31.4 Å². The average molecular weight is 247 g/mol. The van der Waals surface area contributed by atoms with Gasteiger partial charge in [0.2, 0.25) is 0 Å². The van der Waals surface area contributed by atoms with Crippen molar-refractivity contribution in [3.05, 3.63) is 29.6 Å². The zero-order chi connectivity index (χ0) is 12.5. The summed E-state index contributed by atoms with van der Waals surface area (Å²) in [5.74, 6) is 0.0623. The molecule has 2 aliphatic heterocycles. The van der Waals surface area contributed by atoms with Gasteiger partial charge in [0.25, 0.3) is 5.91 Å². The molecule has 2 aliphatic rings. The third-order valence-corrected chi connectivity index (χ3v) is 3.60. The molecular formula is C13H17N3O2. The molecule has 3 heterocycles. The van der Waals surface area contributed by atoms with Crippen LogP contribution in [0.5, 0.6) is 0 Å². The molecule has 2 unspecified atom stereocenters. The third-order valence-electron chi connectivity index (χ3n) is 3.60. The van der Waals surface area contributed by atoms with Crippen LogP contribution in [0.1, 0.15) is 28.9 Å². The quantitative estimate of drug-likeness (QED) is 0.828. The second-order valence-electron chi connectivity index (χ2n) is 4.91. The van der Waals surface area contributed by atoms with Gasteiger partial charge >= 0.3 is 0 Å². The fourth-order valence-corrected chi connectivity index (χ4v) is 2.69. The Bertz CT molecular complexity index is 451. The van der Waals surface area contributed by atoms with Gasteiger partial charge in [-0.25, -0.2) is 0 Å². The average Bonchev–Trinajstić information content (AvgIpc) is 2.76. The number of ether oxygens (including phenoxy) is 1. The smallest absolute Gasteiger partial charge is 0.254 e. The number of morpholine rings is 1. The van der Waals surface area contributed by atoms with Crippen LogP contribution in [0.15, 0.2) is 18.3 Å². The molecule has 0 saturated carbocycles. The van der Waals surface area contributed by atoms with Crippen molar-refractivity contribution in [3.8, 4) is 0 Å². The minimum atomic E-state index is 0.0623. The summed E-state index contributed by atoms with van der Waals surface area (Å²) in [6.07, 6.45) is 4.23. The van der Waals surface area contributed by atoms with Crippen LogP contribution < -0.4 is 5.73 Å². The van der Waals surface area contributed by atoms with Crippen LogP contribution in [-0.2, 0) is 11.3 Å². The molecule has 0 aromatic carbocycles. The van der Waals surface area contributed by atoms with E-state index in [0.717, 1.165) is 18.5 Å². The Hall–Kier alpha value is -1.46. The molecule has 96 valence electrons. The number of hydrogen-bond acceptors (Lipinski definition) is 4. The Kier molecular flexibility index (Phi) is 3.01. The van der Waals surface area contributed by atoms with Gasteiger partial charge in [0.15, 0.2) is 0 Å². The number of aromatic nitrogens is 1. The van der Waals surface area contributed by atoms with Gasteiger partial charge < -0.3 is 15.4 Å². The Labute approximate surface area is 106 Å². The topological polar surface area (TPSA) is 68.5 Å². The Morgan fingerprint density at radius 1 is 1.44 bits per heavy atom. The molecule has 5 heteroatoms. The first-order chi connectivity index (χ1) is 8.76. The van der Waals surface area contributed by atoms with Crippen LogP contribution in [0.4, 0.5) is 0 Å². The van der Waals surface area contributed by atoms with E-state index < -0.39 is 0 Å². The number of hydrogen-bond donors (Lipinski definition) is 1. The Morgan fingerprint density at radius 2 is 2.17 bits per heavy atom. The predicted molar refractivity (Wildman–Crippen MR) is 65.9 cm³/mol. The summed E-state index contributed by atoms with van der Waals surface area (Å²) in [5, 5.41) is 0. The van der Waals surface area contributed by atoms with E-state index in [9.17, 15) is 4.79 Å². The largest absolute Gasteiger partial charge is 0.371 e. The van der Waals surface area contributed by atoms with Crippen molar-refractivity contribution >= 4 is 5.91 Å². The minimum absolute atomic E-state index is 0.0623. The first-order valence-electron chi connectivity index (χ1n) is 6.36. The molecule has 2 saturated heterocycles. The van der Waals surface area contributed by atoms with E-state index in [1.807, 2.05) is 4.90 Å². The van der Waals surface area contributed by atoms with Crippen LogP contribution in [0.2, 0.25) is 0 Å². The maximum atomic E-state index is 12.4. The maximum Gasteiger partial charge on any atom is 0.254 e. The van der Waals surface area contributed by atoms with Crippen molar-refractivity contribution in [1.29, 1.82) is 0 Å². The van der Waals surface area contributed by atoms with Gasteiger partial charge in [-0.3, -0.25) is 9.78 Å². The standard InChI is InChI=1S/C13H17N3O2/c14-6-10-5-9(3-4-15-10)13(17)16-7-11-1-2-12(8-16)18-11/h3-5,11-12H,1-2,6-8,14H2. The second-order valence-corrected chi connectivity index (χ2v) is 4.91. The van der Waals surface area contributed by atoms with Crippen molar-refractivity contribution < 1.29 is 9.53 Å². The van der Waals surface area contributed by atoms with Crippen molar-refractivity contribution in [2.24, 2.45) is 5.73 Å². The highest BCUT2D eigenvalue weighted by molar-refractivity contribution is 5.94. The lowest BCUT2D eigenvalue weighted by Gasteiger charge is -2.32. The maximum absolute atomic E-state index is 12.4. The normalized spacial score (nSPS) is 26.4. The fourth-order valence-electron chi connectivity index (χ4n) is 2.69. The van der Waals surface area contributed by atoms with E-state index in [-0.39, 0.29) is 18.1 Å².